The van der Waals surface area contributed by atoms with Crippen molar-refractivity contribution in [1.29, 1.82) is 0 Å². The minimum atomic E-state index is 0.280. The average Bonchev–Trinajstić information content (AvgIpc) is 3.06. The van der Waals surface area contributed by atoms with Gasteiger partial charge in [0, 0.05) is 31.1 Å². The Morgan fingerprint density at radius 2 is 2.40 bits per heavy atom. The highest BCUT2D eigenvalue weighted by Crippen LogP contribution is 2.18. The van der Waals surface area contributed by atoms with E-state index in [2.05, 4.69) is 38.1 Å². The summed E-state index contributed by atoms with van der Waals surface area (Å²) < 4.78 is 8.07. The summed E-state index contributed by atoms with van der Waals surface area (Å²) in [6.45, 7) is 2.13. The highest BCUT2D eigenvalue weighted by atomic mass is 79.9. The predicted molar refractivity (Wildman–Crippen MR) is 80.8 cm³/mol. The van der Waals surface area contributed by atoms with Crippen molar-refractivity contribution in [3.8, 4) is 0 Å². The lowest BCUT2D eigenvalue weighted by atomic mass is 10.1. The number of fused-ring (bicyclic) bond motifs is 1. The Morgan fingerprint density at radius 3 is 3.20 bits per heavy atom. The predicted octanol–water partition coefficient (Wildman–Crippen LogP) is 3.52. The van der Waals surface area contributed by atoms with Gasteiger partial charge in [-0.15, -0.1) is 0 Å². The van der Waals surface area contributed by atoms with Crippen LogP contribution in [0, 0.1) is 0 Å². The fourth-order valence-corrected chi connectivity index (χ4v) is 2.51. The van der Waals surface area contributed by atoms with Crippen LogP contribution in [0.3, 0.4) is 0 Å². The number of halogens is 1. The molecule has 0 bridgehead atoms. The number of nitrogens with zero attached hydrogens (tertiary/aromatic N) is 3. The van der Waals surface area contributed by atoms with Gasteiger partial charge in [-0.25, -0.2) is 9.97 Å². The molecular formula is C14H15BrN4O. The van der Waals surface area contributed by atoms with E-state index < -0.39 is 0 Å². The quantitative estimate of drug-likeness (QED) is 0.775. The number of furan rings is 1. The van der Waals surface area contributed by atoms with Crippen molar-refractivity contribution in [2.45, 2.75) is 25.8 Å². The van der Waals surface area contributed by atoms with Gasteiger partial charge >= 0.3 is 0 Å². The van der Waals surface area contributed by atoms with E-state index in [-0.39, 0.29) is 6.04 Å². The van der Waals surface area contributed by atoms with Crippen LogP contribution >= 0.6 is 15.9 Å². The third-order valence-electron chi connectivity index (χ3n) is 3.13. The normalized spacial score (nSPS) is 12.7. The molecule has 3 aromatic heterocycles. The summed E-state index contributed by atoms with van der Waals surface area (Å²) in [5.74, 6) is 1.79. The maximum atomic E-state index is 5.34. The second-order valence-corrected chi connectivity index (χ2v) is 5.55. The standard InChI is InChI=1S/C14H15BrN4O/c1-10(4-5-11-3-2-8-20-11)17-13-14-16-6-7-19(14)9-12(15)18-13/h2-3,6-10H,4-5H2,1H3,(H,17,18). The van der Waals surface area contributed by atoms with Gasteiger partial charge in [-0.2, -0.15) is 0 Å². The van der Waals surface area contributed by atoms with Crippen LogP contribution in [0.5, 0.6) is 0 Å². The molecule has 104 valence electrons. The third-order valence-corrected chi connectivity index (χ3v) is 3.51. The number of aryl methyl sites for hydroxylation is 1. The molecule has 0 saturated carbocycles. The van der Waals surface area contributed by atoms with Crippen molar-refractivity contribution in [2.24, 2.45) is 0 Å². The van der Waals surface area contributed by atoms with Crippen molar-refractivity contribution >= 4 is 27.4 Å². The molecule has 3 rings (SSSR count). The first kappa shape index (κ1) is 13.2. The van der Waals surface area contributed by atoms with Crippen LogP contribution in [0.15, 0.2) is 46.0 Å². The average molecular weight is 335 g/mol. The molecule has 0 fully saturated rings. The molecule has 1 N–H and O–H groups in total. The third kappa shape index (κ3) is 2.85. The zero-order valence-electron chi connectivity index (χ0n) is 11.1. The highest BCUT2D eigenvalue weighted by Gasteiger charge is 2.10. The second kappa shape index (κ2) is 5.66. The van der Waals surface area contributed by atoms with Crippen molar-refractivity contribution in [3.05, 3.63) is 47.3 Å². The highest BCUT2D eigenvalue weighted by molar-refractivity contribution is 9.10. The van der Waals surface area contributed by atoms with E-state index in [1.54, 1.807) is 12.5 Å². The van der Waals surface area contributed by atoms with Crippen LogP contribution < -0.4 is 5.32 Å². The van der Waals surface area contributed by atoms with Gasteiger partial charge in [0.25, 0.3) is 0 Å². The fraction of sp³-hybridized carbons (Fsp3) is 0.286. The first-order valence-electron chi connectivity index (χ1n) is 6.50. The van der Waals surface area contributed by atoms with Gasteiger partial charge < -0.3 is 14.1 Å². The Bertz CT molecular complexity index is 692. The zero-order valence-corrected chi connectivity index (χ0v) is 12.7. The molecule has 3 aromatic rings. The van der Waals surface area contributed by atoms with Gasteiger partial charge in [0.1, 0.15) is 10.4 Å². The number of imidazole rings is 1. The molecule has 0 aliphatic heterocycles. The maximum absolute atomic E-state index is 5.34. The van der Waals surface area contributed by atoms with Gasteiger partial charge in [-0.3, -0.25) is 0 Å². The van der Waals surface area contributed by atoms with E-state index in [9.17, 15) is 0 Å². The number of hydrogen-bond donors (Lipinski definition) is 1. The topological polar surface area (TPSA) is 55.4 Å². The molecule has 0 radical (unpaired) electrons. The number of anilines is 1. The summed E-state index contributed by atoms with van der Waals surface area (Å²) in [6, 6.07) is 4.19. The van der Waals surface area contributed by atoms with Gasteiger partial charge in [-0.05, 0) is 41.4 Å². The first-order chi connectivity index (χ1) is 9.72. The summed E-state index contributed by atoms with van der Waals surface area (Å²) in [5, 5.41) is 3.41. The van der Waals surface area contributed by atoms with Crippen molar-refractivity contribution in [3.63, 3.8) is 0 Å². The molecule has 0 aromatic carbocycles. The number of hydrogen-bond acceptors (Lipinski definition) is 4. The molecule has 6 heteroatoms. The number of aromatic nitrogens is 3. The monoisotopic (exact) mass is 334 g/mol. The summed E-state index contributed by atoms with van der Waals surface area (Å²) in [5.41, 5.74) is 0.832. The lowest BCUT2D eigenvalue weighted by Crippen LogP contribution is -2.17. The second-order valence-electron chi connectivity index (χ2n) is 4.73. The van der Waals surface area contributed by atoms with E-state index in [0.717, 1.165) is 34.7 Å². The molecule has 0 aliphatic carbocycles. The lowest BCUT2D eigenvalue weighted by molar-refractivity contribution is 0.495. The van der Waals surface area contributed by atoms with Crippen LogP contribution in [-0.2, 0) is 6.42 Å². The molecule has 0 aliphatic rings. The van der Waals surface area contributed by atoms with Crippen molar-refractivity contribution in [1.82, 2.24) is 14.4 Å². The van der Waals surface area contributed by atoms with Crippen LogP contribution in [0.25, 0.3) is 5.65 Å². The van der Waals surface area contributed by atoms with E-state index in [1.165, 1.54) is 0 Å². The Labute approximate surface area is 125 Å². The minimum absolute atomic E-state index is 0.280. The minimum Gasteiger partial charge on any atom is -0.469 e. The van der Waals surface area contributed by atoms with Gasteiger partial charge in [-0.1, -0.05) is 0 Å². The molecular weight excluding hydrogens is 320 g/mol. The Balaban J connectivity index is 1.70. The Kier molecular flexibility index (Phi) is 3.73. The molecule has 5 nitrogen and oxygen atoms in total. The summed E-state index contributed by atoms with van der Waals surface area (Å²) in [7, 11) is 0. The molecule has 1 unspecified atom stereocenters. The van der Waals surface area contributed by atoms with E-state index in [4.69, 9.17) is 4.42 Å². The molecule has 0 amide bonds. The van der Waals surface area contributed by atoms with Crippen molar-refractivity contribution < 1.29 is 4.42 Å². The summed E-state index contributed by atoms with van der Waals surface area (Å²) in [4.78, 5) is 8.78. The van der Waals surface area contributed by atoms with Crippen LogP contribution in [-0.4, -0.2) is 20.4 Å². The Hall–Kier alpha value is -1.82. The SMILES string of the molecule is CC(CCc1ccco1)Nc1nc(Br)cn2ccnc12. The first-order valence-corrected chi connectivity index (χ1v) is 7.30. The molecule has 1 atom stereocenters. The largest absolute Gasteiger partial charge is 0.469 e. The maximum Gasteiger partial charge on any atom is 0.180 e. The molecule has 0 spiro atoms. The Morgan fingerprint density at radius 1 is 1.50 bits per heavy atom. The van der Waals surface area contributed by atoms with Gasteiger partial charge in [0.05, 0.1) is 6.26 Å². The van der Waals surface area contributed by atoms with Gasteiger partial charge in [0.15, 0.2) is 11.5 Å². The molecule has 0 saturated heterocycles. The number of rotatable bonds is 5. The van der Waals surface area contributed by atoms with Crippen molar-refractivity contribution in [2.75, 3.05) is 5.32 Å². The smallest absolute Gasteiger partial charge is 0.180 e. The fourth-order valence-electron chi connectivity index (χ4n) is 2.12. The van der Waals surface area contributed by atoms with E-state index in [0.29, 0.717) is 0 Å². The summed E-state index contributed by atoms with van der Waals surface area (Å²) >= 11 is 3.41. The van der Waals surface area contributed by atoms with Crippen LogP contribution in [0.2, 0.25) is 0 Å². The van der Waals surface area contributed by atoms with E-state index in [1.807, 2.05) is 28.9 Å². The summed E-state index contributed by atoms with van der Waals surface area (Å²) in [6.07, 6.45) is 9.13. The molecule has 3 heterocycles. The zero-order chi connectivity index (χ0) is 13.9. The van der Waals surface area contributed by atoms with Gasteiger partial charge in [0.2, 0.25) is 0 Å². The molecule has 20 heavy (non-hydrogen) atoms. The lowest BCUT2D eigenvalue weighted by Gasteiger charge is -2.14. The number of nitrogens with one attached hydrogen (secondary N) is 1. The van der Waals surface area contributed by atoms with Crippen LogP contribution in [0.1, 0.15) is 19.1 Å². The van der Waals surface area contributed by atoms with E-state index >= 15 is 0 Å². The van der Waals surface area contributed by atoms with Crippen LogP contribution in [0.4, 0.5) is 5.82 Å².